The summed E-state index contributed by atoms with van der Waals surface area (Å²) in [7, 11) is 0. The highest BCUT2D eigenvalue weighted by atomic mass is 32.1. The molecule has 7 nitrogen and oxygen atoms in total. The summed E-state index contributed by atoms with van der Waals surface area (Å²) < 4.78 is 7.26. The second-order valence-electron chi connectivity index (χ2n) is 7.42. The first-order valence-corrected chi connectivity index (χ1v) is 11.0. The van der Waals surface area contributed by atoms with Gasteiger partial charge in [-0.1, -0.05) is 24.3 Å². The minimum atomic E-state index is -0.300. The lowest BCUT2D eigenvalue weighted by Gasteiger charge is -2.30. The summed E-state index contributed by atoms with van der Waals surface area (Å²) >= 11 is 1.43. The zero-order chi connectivity index (χ0) is 21.8. The Morgan fingerprint density at radius 3 is 2.58 bits per heavy atom. The van der Waals surface area contributed by atoms with E-state index in [-0.39, 0.29) is 24.4 Å². The van der Waals surface area contributed by atoms with Crippen LogP contribution in [0.4, 0.5) is 0 Å². The number of rotatable bonds is 5. The third-order valence-corrected chi connectivity index (χ3v) is 6.33. The third-order valence-electron chi connectivity index (χ3n) is 5.47. The highest BCUT2D eigenvalue weighted by Crippen LogP contribution is 2.24. The monoisotopic (exact) mass is 434 g/mol. The Hall–Kier alpha value is -3.44. The molecule has 0 N–H and O–H groups in total. The molecule has 0 atom stereocenters. The van der Waals surface area contributed by atoms with Gasteiger partial charge in [-0.3, -0.25) is 9.59 Å². The second-order valence-corrected chi connectivity index (χ2v) is 8.37. The number of benzene rings is 1. The molecule has 1 aromatic carbocycles. The molecule has 0 radical (unpaired) electrons. The van der Waals surface area contributed by atoms with Crippen molar-refractivity contribution in [1.82, 2.24) is 14.7 Å². The molecule has 1 aliphatic rings. The number of hydrogen-bond acceptors (Lipinski definition) is 6. The van der Waals surface area contributed by atoms with Crippen LogP contribution in [0, 0.1) is 24.2 Å². The standard InChI is InChI=1S/C23H22N4O3S/c1-16-19(14-24)20(27(25-16)18-6-3-2-4-7-18)15-30-23(29)17-9-11-26(12-10-17)22(28)21-8-5-13-31-21/h2-8,13,17H,9-12,15H2,1H3. The van der Waals surface area contributed by atoms with Gasteiger partial charge in [-0.05, 0) is 43.3 Å². The molecule has 0 aliphatic carbocycles. The number of aromatic nitrogens is 2. The van der Waals surface area contributed by atoms with Gasteiger partial charge in [0, 0.05) is 13.1 Å². The van der Waals surface area contributed by atoms with Gasteiger partial charge in [0.25, 0.3) is 5.91 Å². The van der Waals surface area contributed by atoms with Gasteiger partial charge in [-0.2, -0.15) is 10.4 Å². The number of nitrogens with zero attached hydrogens (tertiary/aromatic N) is 4. The molecular formula is C23H22N4O3S. The lowest BCUT2D eigenvalue weighted by Crippen LogP contribution is -2.40. The minimum Gasteiger partial charge on any atom is -0.459 e. The fourth-order valence-corrected chi connectivity index (χ4v) is 4.46. The van der Waals surface area contributed by atoms with Crippen molar-refractivity contribution in [2.45, 2.75) is 26.4 Å². The van der Waals surface area contributed by atoms with Gasteiger partial charge >= 0.3 is 5.97 Å². The maximum atomic E-state index is 12.7. The Labute approximate surface area is 184 Å². The van der Waals surface area contributed by atoms with E-state index >= 15 is 0 Å². The number of likely N-dealkylation sites (tertiary alicyclic amines) is 1. The fourth-order valence-electron chi connectivity index (χ4n) is 3.77. The Bertz CT molecular complexity index is 1110. The SMILES string of the molecule is Cc1nn(-c2ccccc2)c(COC(=O)C2CCN(C(=O)c3cccs3)CC2)c1C#N. The first-order valence-electron chi connectivity index (χ1n) is 10.1. The minimum absolute atomic E-state index is 0.0164. The maximum absolute atomic E-state index is 12.7. The van der Waals surface area contributed by atoms with Crippen LogP contribution in [-0.2, 0) is 16.1 Å². The number of carbonyl (C=O) groups excluding carboxylic acids is 2. The summed E-state index contributed by atoms with van der Waals surface area (Å²) in [6.45, 7) is 2.80. The van der Waals surface area contributed by atoms with Crippen LogP contribution >= 0.6 is 11.3 Å². The summed E-state index contributed by atoms with van der Waals surface area (Å²) in [5.41, 5.74) is 2.38. The number of amides is 1. The molecule has 4 rings (SSSR count). The van der Waals surface area contributed by atoms with E-state index in [4.69, 9.17) is 4.74 Å². The van der Waals surface area contributed by atoms with Crippen molar-refractivity contribution in [3.05, 3.63) is 69.7 Å². The van der Waals surface area contributed by atoms with Crippen LogP contribution in [0.3, 0.4) is 0 Å². The molecule has 8 heteroatoms. The van der Waals surface area contributed by atoms with Crippen LogP contribution in [0.2, 0.25) is 0 Å². The van der Waals surface area contributed by atoms with Crippen LogP contribution in [0.1, 0.15) is 39.5 Å². The van der Waals surface area contributed by atoms with Crippen molar-refractivity contribution < 1.29 is 14.3 Å². The van der Waals surface area contributed by atoms with E-state index in [0.717, 1.165) is 10.6 Å². The van der Waals surface area contributed by atoms with Crippen LogP contribution in [0.5, 0.6) is 0 Å². The van der Waals surface area contributed by atoms with E-state index in [2.05, 4.69) is 11.2 Å². The topological polar surface area (TPSA) is 88.2 Å². The molecule has 3 aromatic rings. The van der Waals surface area contributed by atoms with E-state index in [0.29, 0.717) is 42.9 Å². The fraction of sp³-hybridized carbons (Fsp3) is 0.304. The van der Waals surface area contributed by atoms with Crippen LogP contribution < -0.4 is 0 Å². The van der Waals surface area contributed by atoms with E-state index in [1.54, 1.807) is 16.5 Å². The predicted octanol–water partition coefficient (Wildman–Crippen LogP) is 3.71. The number of esters is 1. The van der Waals surface area contributed by atoms with Crippen LogP contribution in [-0.4, -0.2) is 39.6 Å². The highest BCUT2D eigenvalue weighted by molar-refractivity contribution is 7.12. The van der Waals surface area contributed by atoms with Crippen molar-refractivity contribution in [2.75, 3.05) is 13.1 Å². The molecule has 31 heavy (non-hydrogen) atoms. The lowest BCUT2D eigenvalue weighted by atomic mass is 9.97. The molecule has 158 valence electrons. The number of ether oxygens (including phenoxy) is 1. The molecule has 3 heterocycles. The van der Waals surface area contributed by atoms with Gasteiger partial charge in [-0.15, -0.1) is 11.3 Å². The Morgan fingerprint density at radius 1 is 1.19 bits per heavy atom. The number of hydrogen-bond donors (Lipinski definition) is 0. The number of piperidine rings is 1. The molecule has 0 bridgehead atoms. The van der Waals surface area contributed by atoms with E-state index in [1.165, 1.54) is 11.3 Å². The van der Waals surface area contributed by atoms with Gasteiger partial charge in [0.1, 0.15) is 18.2 Å². The van der Waals surface area contributed by atoms with Crippen molar-refractivity contribution in [1.29, 1.82) is 5.26 Å². The second kappa shape index (κ2) is 9.14. The van der Waals surface area contributed by atoms with Crippen molar-refractivity contribution in [3.63, 3.8) is 0 Å². The Balaban J connectivity index is 1.40. The number of aryl methyl sites for hydroxylation is 1. The molecule has 0 unspecified atom stereocenters. The molecule has 1 aliphatic heterocycles. The molecule has 2 aromatic heterocycles. The van der Waals surface area contributed by atoms with Gasteiger partial charge in [-0.25, -0.2) is 4.68 Å². The van der Waals surface area contributed by atoms with E-state index in [1.807, 2.05) is 47.8 Å². The lowest BCUT2D eigenvalue weighted by molar-refractivity contribution is -0.151. The summed E-state index contributed by atoms with van der Waals surface area (Å²) in [6, 6.07) is 15.3. The largest absolute Gasteiger partial charge is 0.459 e. The molecule has 1 fully saturated rings. The first-order chi connectivity index (χ1) is 15.1. The van der Waals surface area contributed by atoms with Gasteiger partial charge in [0.15, 0.2) is 0 Å². The molecular weight excluding hydrogens is 412 g/mol. The molecule has 0 saturated carbocycles. The Kier molecular flexibility index (Phi) is 6.14. The van der Waals surface area contributed by atoms with Gasteiger partial charge in [0.05, 0.1) is 27.9 Å². The third kappa shape index (κ3) is 4.37. The van der Waals surface area contributed by atoms with Crippen LogP contribution in [0.25, 0.3) is 5.69 Å². The number of thiophene rings is 1. The maximum Gasteiger partial charge on any atom is 0.309 e. The van der Waals surface area contributed by atoms with Crippen molar-refractivity contribution in [2.24, 2.45) is 5.92 Å². The average Bonchev–Trinajstić information content (AvgIpc) is 3.45. The summed E-state index contributed by atoms with van der Waals surface area (Å²) in [5.74, 6) is -0.541. The van der Waals surface area contributed by atoms with Crippen LogP contribution in [0.15, 0.2) is 47.8 Å². The smallest absolute Gasteiger partial charge is 0.309 e. The van der Waals surface area contributed by atoms with Gasteiger partial charge < -0.3 is 9.64 Å². The zero-order valence-corrected chi connectivity index (χ0v) is 18.0. The van der Waals surface area contributed by atoms with Crippen molar-refractivity contribution >= 4 is 23.2 Å². The van der Waals surface area contributed by atoms with E-state index < -0.39 is 0 Å². The van der Waals surface area contributed by atoms with E-state index in [9.17, 15) is 14.9 Å². The molecule has 1 amide bonds. The highest BCUT2D eigenvalue weighted by Gasteiger charge is 2.29. The average molecular weight is 435 g/mol. The summed E-state index contributed by atoms with van der Waals surface area (Å²) in [4.78, 5) is 27.7. The number of carbonyl (C=O) groups is 2. The summed E-state index contributed by atoms with van der Waals surface area (Å²) in [6.07, 6.45) is 1.13. The molecule has 1 saturated heterocycles. The number of para-hydroxylation sites is 1. The van der Waals surface area contributed by atoms with Gasteiger partial charge in [0.2, 0.25) is 0 Å². The Morgan fingerprint density at radius 2 is 1.94 bits per heavy atom. The first kappa shape index (κ1) is 20.8. The molecule has 0 spiro atoms. The van der Waals surface area contributed by atoms with Crippen molar-refractivity contribution in [3.8, 4) is 11.8 Å². The normalized spacial score (nSPS) is 14.3. The predicted molar refractivity (Wildman–Crippen MR) is 116 cm³/mol. The number of nitriles is 1. The summed E-state index contributed by atoms with van der Waals surface area (Å²) in [5, 5.41) is 15.9. The quantitative estimate of drug-likeness (QED) is 0.571. The zero-order valence-electron chi connectivity index (χ0n) is 17.2.